The van der Waals surface area contributed by atoms with E-state index in [1.807, 2.05) is 18.4 Å². The summed E-state index contributed by atoms with van der Waals surface area (Å²) in [6, 6.07) is 0. The van der Waals surface area contributed by atoms with Gasteiger partial charge in [-0.25, -0.2) is 15.0 Å². The Morgan fingerprint density at radius 1 is 1.30 bits per heavy atom. The van der Waals surface area contributed by atoms with Crippen LogP contribution in [-0.4, -0.2) is 63.0 Å². The first kappa shape index (κ1) is 23.2. The van der Waals surface area contributed by atoms with Crippen molar-refractivity contribution in [3.05, 3.63) is 17.8 Å². The Balaban J connectivity index is 1.91. The number of nitrogens with two attached hydrogens (primary N) is 1. The number of anilines is 1. The number of ether oxygens (including phenoxy) is 1. The monoisotopic (exact) mass is 453 g/mol. The topological polar surface area (TPSA) is 129 Å². The van der Waals surface area contributed by atoms with Crippen molar-refractivity contribution in [2.45, 2.75) is 75.5 Å². The van der Waals surface area contributed by atoms with E-state index in [9.17, 15) is 10.2 Å². The third-order valence-corrected chi connectivity index (χ3v) is 11.2. The van der Waals surface area contributed by atoms with Gasteiger partial charge in [0.05, 0.1) is 6.61 Å². The number of imidazole rings is 1. The highest BCUT2D eigenvalue weighted by molar-refractivity contribution is 8.02. The molecular formula is C19H31N5O4SSi. The summed E-state index contributed by atoms with van der Waals surface area (Å²) in [6.45, 7) is 12.8. The molecule has 2 aromatic heterocycles. The van der Waals surface area contributed by atoms with E-state index in [0.717, 1.165) is 0 Å². The summed E-state index contributed by atoms with van der Waals surface area (Å²) in [5.74, 6) is 0.243. The fraction of sp³-hybridized carbons (Fsp3) is 0.632. The molecular weight excluding hydrogens is 422 g/mol. The Morgan fingerprint density at radius 2 is 2.00 bits per heavy atom. The fourth-order valence-corrected chi connectivity index (χ4v) is 4.65. The van der Waals surface area contributed by atoms with Gasteiger partial charge in [-0.3, -0.25) is 4.57 Å². The van der Waals surface area contributed by atoms with Crippen molar-refractivity contribution < 1.29 is 19.4 Å². The molecule has 0 unspecified atom stereocenters. The maximum absolute atomic E-state index is 10.8. The molecule has 0 radical (unpaired) electrons. The van der Waals surface area contributed by atoms with Crippen LogP contribution in [0, 0.1) is 0 Å². The van der Waals surface area contributed by atoms with Crippen LogP contribution in [0.5, 0.6) is 0 Å². The zero-order chi connectivity index (χ0) is 22.3. The average molecular weight is 454 g/mol. The van der Waals surface area contributed by atoms with Gasteiger partial charge < -0.3 is 25.1 Å². The van der Waals surface area contributed by atoms with Crippen LogP contribution < -0.4 is 5.73 Å². The summed E-state index contributed by atoms with van der Waals surface area (Å²) < 4.78 is 14.0. The minimum Gasteiger partial charge on any atom is -0.414 e. The number of aliphatic hydroxyl groups excluding tert-OH is 2. The molecule has 3 heterocycles. The molecule has 0 saturated carbocycles. The lowest BCUT2D eigenvalue weighted by molar-refractivity contribution is -0.0529. The zero-order valence-electron chi connectivity index (χ0n) is 18.2. The van der Waals surface area contributed by atoms with Gasteiger partial charge in [-0.05, 0) is 30.5 Å². The Kier molecular flexibility index (Phi) is 6.61. The smallest absolute Gasteiger partial charge is 0.192 e. The second-order valence-electron chi connectivity index (χ2n) is 8.90. The molecule has 4 N–H and O–H groups in total. The van der Waals surface area contributed by atoms with Gasteiger partial charge in [0.15, 0.2) is 36.7 Å². The van der Waals surface area contributed by atoms with E-state index in [2.05, 4.69) is 48.8 Å². The molecule has 0 aromatic carbocycles. The number of aromatic nitrogens is 4. The number of hydrogen-bond acceptors (Lipinski definition) is 9. The van der Waals surface area contributed by atoms with Crippen molar-refractivity contribution in [2.75, 3.05) is 12.3 Å². The SMILES string of the molecule is CC=CSc1nc2c(N)ncnc2n1[C@@H]1O[C@H](CO[Si](C)(C)C(C)(C)C)[C@@H](O)[C@H]1O. The van der Waals surface area contributed by atoms with Crippen molar-refractivity contribution in [1.82, 2.24) is 19.5 Å². The fourth-order valence-electron chi connectivity index (χ4n) is 2.93. The number of hydrogen-bond donors (Lipinski definition) is 3. The molecule has 1 aliphatic heterocycles. The summed E-state index contributed by atoms with van der Waals surface area (Å²) in [5, 5.41) is 23.9. The normalized spacial score (nSPS) is 25.6. The molecule has 3 rings (SSSR count). The van der Waals surface area contributed by atoms with Crippen molar-refractivity contribution in [3.63, 3.8) is 0 Å². The van der Waals surface area contributed by atoms with Gasteiger partial charge >= 0.3 is 0 Å². The van der Waals surface area contributed by atoms with E-state index in [4.69, 9.17) is 14.9 Å². The van der Waals surface area contributed by atoms with Gasteiger partial charge in [-0.2, -0.15) is 0 Å². The van der Waals surface area contributed by atoms with Crippen LogP contribution in [0.3, 0.4) is 0 Å². The van der Waals surface area contributed by atoms with E-state index < -0.39 is 32.9 Å². The first-order valence-electron chi connectivity index (χ1n) is 9.89. The lowest BCUT2D eigenvalue weighted by Gasteiger charge is -2.37. The van der Waals surface area contributed by atoms with Gasteiger partial charge in [-0.1, -0.05) is 38.6 Å². The van der Waals surface area contributed by atoms with E-state index in [1.165, 1.54) is 18.1 Å². The highest BCUT2D eigenvalue weighted by Crippen LogP contribution is 2.39. The summed E-state index contributed by atoms with van der Waals surface area (Å²) in [4.78, 5) is 12.8. The van der Waals surface area contributed by atoms with Crippen LogP contribution in [0.4, 0.5) is 5.82 Å². The van der Waals surface area contributed by atoms with E-state index in [1.54, 1.807) is 4.57 Å². The highest BCUT2D eigenvalue weighted by atomic mass is 32.2. The van der Waals surface area contributed by atoms with Crippen molar-refractivity contribution in [2.24, 2.45) is 0 Å². The van der Waals surface area contributed by atoms with E-state index >= 15 is 0 Å². The molecule has 2 aromatic rings. The van der Waals surface area contributed by atoms with Gasteiger partial charge in [0.25, 0.3) is 0 Å². The lowest BCUT2D eigenvalue weighted by Crippen LogP contribution is -2.44. The van der Waals surface area contributed by atoms with Crippen molar-refractivity contribution in [3.8, 4) is 0 Å². The molecule has 30 heavy (non-hydrogen) atoms. The molecule has 4 atom stereocenters. The number of thioether (sulfide) groups is 1. The standard InChI is InChI=1S/C19H31N5O4SSi/c1-7-8-29-18-23-12-15(20)21-10-22-16(12)24(18)17-14(26)13(25)11(28-17)9-27-30(5,6)19(2,3)4/h7-8,10-11,13-14,17,25-26H,9H2,1-6H3,(H2,20,21,22)/t11-,13-,14-,17-/m1/s1. The van der Waals surface area contributed by atoms with Crippen LogP contribution in [0.15, 0.2) is 23.0 Å². The van der Waals surface area contributed by atoms with Crippen LogP contribution in [0.1, 0.15) is 33.9 Å². The average Bonchev–Trinajstić information content (AvgIpc) is 3.16. The van der Waals surface area contributed by atoms with Gasteiger partial charge in [-0.15, -0.1) is 0 Å². The number of nitrogen functional groups attached to an aromatic ring is 1. The molecule has 0 amide bonds. The number of aliphatic hydroxyl groups is 2. The summed E-state index contributed by atoms with van der Waals surface area (Å²) in [6.07, 6.45) is -0.599. The number of rotatable bonds is 6. The minimum atomic E-state index is -2.03. The molecule has 0 aliphatic carbocycles. The van der Waals surface area contributed by atoms with Gasteiger partial charge in [0.2, 0.25) is 0 Å². The predicted octanol–water partition coefficient (Wildman–Crippen LogP) is 2.68. The Hall–Kier alpha value is -1.50. The third-order valence-electron chi connectivity index (χ3n) is 5.79. The van der Waals surface area contributed by atoms with Crippen LogP contribution in [0.25, 0.3) is 11.2 Å². The van der Waals surface area contributed by atoms with Crippen LogP contribution in [-0.2, 0) is 9.16 Å². The number of fused-ring (bicyclic) bond motifs is 1. The highest BCUT2D eigenvalue weighted by Gasteiger charge is 2.47. The maximum Gasteiger partial charge on any atom is 0.192 e. The van der Waals surface area contributed by atoms with E-state index in [-0.39, 0.29) is 17.5 Å². The molecule has 11 heteroatoms. The summed E-state index contributed by atoms with van der Waals surface area (Å²) in [7, 11) is -2.03. The molecule has 166 valence electrons. The Bertz CT molecular complexity index is 930. The molecule has 0 bridgehead atoms. The van der Waals surface area contributed by atoms with Crippen molar-refractivity contribution in [1.29, 1.82) is 0 Å². The summed E-state index contributed by atoms with van der Waals surface area (Å²) >= 11 is 1.34. The Labute approximate surface area is 181 Å². The van der Waals surface area contributed by atoms with Crippen molar-refractivity contribution >= 4 is 37.1 Å². The first-order valence-corrected chi connectivity index (χ1v) is 13.7. The summed E-state index contributed by atoms with van der Waals surface area (Å²) in [5.41, 5.74) is 6.84. The zero-order valence-corrected chi connectivity index (χ0v) is 20.1. The number of allylic oxidation sites excluding steroid dienone is 1. The van der Waals surface area contributed by atoms with E-state index in [0.29, 0.717) is 16.3 Å². The molecule has 9 nitrogen and oxygen atoms in total. The van der Waals surface area contributed by atoms with Crippen LogP contribution >= 0.6 is 11.8 Å². The predicted molar refractivity (Wildman–Crippen MR) is 119 cm³/mol. The number of nitrogens with zero attached hydrogens (tertiary/aromatic N) is 4. The van der Waals surface area contributed by atoms with Gasteiger partial charge in [0.1, 0.15) is 24.6 Å². The maximum atomic E-state index is 10.8. The first-order chi connectivity index (χ1) is 14.0. The second-order valence-corrected chi connectivity index (χ2v) is 14.6. The lowest BCUT2D eigenvalue weighted by atomic mass is 10.1. The third kappa shape index (κ3) is 4.27. The molecule has 1 aliphatic rings. The molecule has 1 fully saturated rings. The molecule has 0 spiro atoms. The second kappa shape index (κ2) is 8.56. The minimum absolute atomic E-state index is 0.0276. The molecule has 1 saturated heterocycles. The largest absolute Gasteiger partial charge is 0.414 e. The Morgan fingerprint density at radius 3 is 2.63 bits per heavy atom. The van der Waals surface area contributed by atoms with Crippen LogP contribution in [0.2, 0.25) is 18.1 Å². The van der Waals surface area contributed by atoms with Gasteiger partial charge in [0, 0.05) is 0 Å². The quantitative estimate of drug-likeness (QED) is 0.446.